The van der Waals surface area contributed by atoms with E-state index in [-0.39, 0.29) is 24.8 Å². The number of aryl methyl sites for hydroxylation is 1. The molecule has 1 fully saturated rings. The number of carbonyl (C=O) groups excluding carboxylic acids is 3. The Morgan fingerprint density at radius 1 is 1.39 bits per heavy atom. The minimum Gasteiger partial charge on any atom is -0.368 e. The number of hydrogen-bond donors (Lipinski definition) is 3. The van der Waals surface area contributed by atoms with Crippen molar-refractivity contribution < 1.29 is 14.4 Å². The number of nitrogens with zero attached hydrogens (tertiary/aromatic N) is 1. The van der Waals surface area contributed by atoms with Crippen LogP contribution in [0.3, 0.4) is 0 Å². The molecule has 2 rings (SSSR count). The smallest absolute Gasteiger partial charge is 0.237 e. The zero-order valence-electron chi connectivity index (χ0n) is 13.2. The summed E-state index contributed by atoms with van der Waals surface area (Å²) in [6.07, 6.45) is 0.00495. The maximum absolute atomic E-state index is 12.1. The monoisotopic (exact) mass is 318 g/mol. The molecule has 1 aromatic carbocycles. The molecule has 0 spiro atoms. The maximum Gasteiger partial charge on any atom is 0.237 e. The second kappa shape index (κ2) is 7.73. The number of carbonyl (C=O) groups is 3. The van der Waals surface area contributed by atoms with Gasteiger partial charge in [-0.25, -0.2) is 0 Å². The Labute approximate surface area is 135 Å². The van der Waals surface area contributed by atoms with Gasteiger partial charge in [-0.2, -0.15) is 0 Å². The Morgan fingerprint density at radius 3 is 2.83 bits per heavy atom. The number of amides is 3. The first-order valence-corrected chi connectivity index (χ1v) is 7.58. The molecule has 1 aliphatic rings. The molecule has 7 nitrogen and oxygen atoms in total. The number of piperazine rings is 1. The number of benzene rings is 1. The van der Waals surface area contributed by atoms with E-state index in [1.807, 2.05) is 36.1 Å². The molecule has 3 amide bonds. The SMILES string of the molecule is Cc1ccccc1CN1CCNC(=O)C1CC(=O)NCC(N)=O. The Bertz CT molecular complexity index is 603. The Morgan fingerprint density at radius 2 is 2.13 bits per heavy atom. The van der Waals surface area contributed by atoms with Crippen LogP contribution in [0.4, 0.5) is 0 Å². The van der Waals surface area contributed by atoms with E-state index in [2.05, 4.69) is 10.6 Å². The van der Waals surface area contributed by atoms with Crippen molar-refractivity contribution in [3.05, 3.63) is 35.4 Å². The van der Waals surface area contributed by atoms with E-state index >= 15 is 0 Å². The van der Waals surface area contributed by atoms with E-state index in [9.17, 15) is 14.4 Å². The van der Waals surface area contributed by atoms with Gasteiger partial charge in [-0.15, -0.1) is 0 Å². The zero-order chi connectivity index (χ0) is 16.8. The van der Waals surface area contributed by atoms with Gasteiger partial charge in [0.15, 0.2) is 0 Å². The van der Waals surface area contributed by atoms with Gasteiger partial charge < -0.3 is 16.4 Å². The van der Waals surface area contributed by atoms with Gasteiger partial charge in [0.2, 0.25) is 17.7 Å². The minimum atomic E-state index is -0.608. The molecule has 1 unspecified atom stereocenters. The van der Waals surface area contributed by atoms with E-state index in [4.69, 9.17) is 5.73 Å². The summed E-state index contributed by atoms with van der Waals surface area (Å²) in [7, 11) is 0. The Balaban J connectivity index is 2.04. The van der Waals surface area contributed by atoms with Gasteiger partial charge in [0.05, 0.1) is 19.0 Å². The summed E-state index contributed by atoms with van der Waals surface area (Å²) in [5.74, 6) is -1.14. The summed E-state index contributed by atoms with van der Waals surface area (Å²) in [5, 5.41) is 5.21. The van der Waals surface area contributed by atoms with Gasteiger partial charge in [0.1, 0.15) is 0 Å². The molecular formula is C16H22N4O3. The fraction of sp³-hybridized carbons (Fsp3) is 0.438. The summed E-state index contributed by atoms with van der Waals surface area (Å²) in [5.41, 5.74) is 7.28. The highest BCUT2D eigenvalue weighted by Gasteiger charge is 2.31. The lowest BCUT2D eigenvalue weighted by Gasteiger charge is -2.35. The Kier molecular flexibility index (Phi) is 5.70. The topological polar surface area (TPSA) is 105 Å². The zero-order valence-corrected chi connectivity index (χ0v) is 13.2. The molecule has 1 heterocycles. The van der Waals surface area contributed by atoms with E-state index in [0.717, 1.165) is 11.1 Å². The molecule has 0 aromatic heterocycles. The van der Waals surface area contributed by atoms with Gasteiger partial charge in [0, 0.05) is 19.6 Å². The highest BCUT2D eigenvalue weighted by Crippen LogP contribution is 2.16. The summed E-state index contributed by atoms with van der Waals surface area (Å²) < 4.78 is 0. The molecule has 1 atom stereocenters. The third-order valence-corrected chi connectivity index (χ3v) is 3.91. The Hall–Kier alpha value is -2.41. The third-order valence-electron chi connectivity index (χ3n) is 3.91. The molecule has 0 bridgehead atoms. The first kappa shape index (κ1) is 17.0. The summed E-state index contributed by atoms with van der Waals surface area (Å²) in [6.45, 7) is 3.64. The largest absolute Gasteiger partial charge is 0.368 e. The third kappa shape index (κ3) is 4.79. The molecular weight excluding hydrogens is 296 g/mol. The predicted molar refractivity (Wildman–Crippen MR) is 85.2 cm³/mol. The lowest BCUT2D eigenvalue weighted by molar-refractivity contribution is -0.134. The van der Waals surface area contributed by atoms with Gasteiger partial charge in [-0.3, -0.25) is 19.3 Å². The fourth-order valence-corrected chi connectivity index (χ4v) is 2.61. The van der Waals surface area contributed by atoms with Crippen molar-refractivity contribution >= 4 is 17.7 Å². The van der Waals surface area contributed by atoms with Crippen LogP contribution in [0.15, 0.2) is 24.3 Å². The van der Waals surface area contributed by atoms with Crippen molar-refractivity contribution in [3.63, 3.8) is 0 Å². The van der Waals surface area contributed by atoms with Crippen LogP contribution in [0.5, 0.6) is 0 Å². The van der Waals surface area contributed by atoms with Crippen LogP contribution in [-0.4, -0.2) is 48.3 Å². The van der Waals surface area contributed by atoms with Crippen LogP contribution >= 0.6 is 0 Å². The lowest BCUT2D eigenvalue weighted by atomic mass is 10.0. The standard InChI is InChI=1S/C16H22N4O3/c1-11-4-2-3-5-12(11)10-20-7-6-18-16(23)13(20)8-15(22)19-9-14(17)21/h2-5,13H,6-10H2,1H3,(H2,17,21)(H,18,23)(H,19,22). The van der Waals surface area contributed by atoms with E-state index in [0.29, 0.717) is 19.6 Å². The summed E-state index contributed by atoms with van der Waals surface area (Å²) >= 11 is 0. The number of nitrogens with two attached hydrogens (primary N) is 1. The highest BCUT2D eigenvalue weighted by atomic mass is 16.2. The molecule has 124 valence electrons. The molecule has 0 saturated carbocycles. The van der Waals surface area contributed by atoms with E-state index in [1.54, 1.807) is 0 Å². The molecule has 0 aliphatic carbocycles. The van der Waals surface area contributed by atoms with Crippen LogP contribution in [0.2, 0.25) is 0 Å². The van der Waals surface area contributed by atoms with Crippen LogP contribution in [0.25, 0.3) is 0 Å². The van der Waals surface area contributed by atoms with Crippen LogP contribution < -0.4 is 16.4 Å². The van der Waals surface area contributed by atoms with Crippen molar-refractivity contribution in [2.24, 2.45) is 5.73 Å². The minimum absolute atomic E-state index is 0.00495. The first-order valence-electron chi connectivity index (χ1n) is 7.58. The first-order chi connectivity index (χ1) is 11.0. The van der Waals surface area contributed by atoms with Crippen LogP contribution in [-0.2, 0) is 20.9 Å². The molecule has 0 radical (unpaired) electrons. The van der Waals surface area contributed by atoms with E-state index < -0.39 is 11.9 Å². The fourth-order valence-electron chi connectivity index (χ4n) is 2.61. The van der Waals surface area contributed by atoms with Gasteiger partial charge >= 0.3 is 0 Å². The second-order valence-corrected chi connectivity index (χ2v) is 5.65. The van der Waals surface area contributed by atoms with Crippen molar-refractivity contribution in [3.8, 4) is 0 Å². The summed E-state index contributed by atoms with van der Waals surface area (Å²) in [6, 6.07) is 7.42. The average molecular weight is 318 g/mol. The highest BCUT2D eigenvalue weighted by molar-refractivity contribution is 5.90. The van der Waals surface area contributed by atoms with Gasteiger partial charge in [0.25, 0.3) is 0 Å². The van der Waals surface area contributed by atoms with Crippen LogP contribution in [0, 0.1) is 6.92 Å². The van der Waals surface area contributed by atoms with Gasteiger partial charge in [-0.05, 0) is 18.1 Å². The maximum atomic E-state index is 12.1. The molecule has 1 aromatic rings. The van der Waals surface area contributed by atoms with Crippen molar-refractivity contribution in [1.82, 2.24) is 15.5 Å². The van der Waals surface area contributed by atoms with Gasteiger partial charge in [-0.1, -0.05) is 24.3 Å². The lowest BCUT2D eigenvalue weighted by Crippen LogP contribution is -2.56. The average Bonchev–Trinajstić information content (AvgIpc) is 2.51. The number of hydrogen-bond acceptors (Lipinski definition) is 4. The number of nitrogens with one attached hydrogen (secondary N) is 2. The van der Waals surface area contributed by atoms with E-state index in [1.165, 1.54) is 0 Å². The van der Waals surface area contributed by atoms with Crippen molar-refractivity contribution in [2.45, 2.75) is 25.9 Å². The van der Waals surface area contributed by atoms with Crippen molar-refractivity contribution in [2.75, 3.05) is 19.6 Å². The predicted octanol–water partition coefficient (Wildman–Crippen LogP) is -0.713. The summed E-state index contributed by atoms with van der Waals surface area (Å²) in [4.78, 5) is 36.7. The number of primary amides is 1. The molecule has 1 saturated heterocycles. The number of rotatable bonds is 6. The molecule has 4 N–H and O–H groups in total. The molecule has 23 heavy (non-hydrogen) atoms. The quantitative estimate of drug-likeness (QED) is 0.644. The van der Waals surface area contributed by atoms with Crippen LogP contribution in [0.1, 0.15) is 17.5 Å². The molecule has 7 heteroatoms. The molecule has 1 aliphatic heterocycles. The second-order valence-electron chi connectivity index (χ2n) is 5.65. The van der Waals surface area contributed by atoms with Crippen molar-refractivity contribution in [1.29, 1.82) is 0 Å². The normalized spacial score (nSPS) is 18.3.